The number of anilines is 1. The Labute approximate surface area is 123 Å². The van der Waals surface area contributed by atoms with E-state index in [9.17, 15) is 14.9 Å². The van der Waals surface area contributed by atoms with Crippen molar-refractivity contribution in [3.8, 4) is 0 Å². The van der Waals surface area contributed by atoms with Crippen molar-refractivity contribution in [3.05, 3.63) is 34.4 Å². The molecule has 114 valence electrons. The molecule has 0 radical (unpaired) electrons. The number of nitrogens with two attached hydrogens (primary N) is 1. The van der Waals surface area contributed by atoms with E-state index in [1.165, 1.54) is 24.3 Å². The van der Waals surface area contributed by atoms with Crippen molar-refractivity contribution in [1.82, 2.24) is 4.90 Å². The van der Waals surface area contributed by atoms with Crippen LogP contribution in [0.3, 0.4) is 0 Å². The van der Waals surface area contributed by atoms with Crippen LogP contribution in [-0.2, 0) is 0 Å². The van der Waals surface area contributed by atoms with Crippen molar-refractivity contribution in [1.29, 1.82) is 0 Å². The van der Waals surface area contributed by atoms with E-state index in [0.29, 0.717) is 24.7 Å². The van der Waals surface area contributed by atoms with Crippen molar-refractivity contribution >= 4 is 17.4 Å². The highest BCUT2D eigenvalue weighted by atomic mass is 16.6. The number of rotatable bonds is 3. The molecule has 1 aromatic rings. The van der Waals surface area contributed by atoms with Crippen LogP contribution in [0, 0.1) is 16.0 Å². The maximum absolute atomic E-state index is 12.1. The number of non-ortho nitro benzene ring substituents is 1. The van der Waals surface area contributed by atoms with Gasteiger partial charge in [0.25, 0.3) is 5.69 Å². The van der Waals surface area contributed by atoms with E-state index in [4.69, 9.17) is 5.73 Å². The van der Waals surface area contributed by atoms with Crippen LogP contribution in [-0.4, -0.2) is 35.0 Å². The summed E-state index contributed by atoms with van der Waals surface area (Å²) >= 11 is 0. The highest BCUT2D eigenvalue weighted by Crippen LogP contribution is 2.21. The van der Waals surface area contributed by atoms with Gasteiger partial charge in [-0.3, -0.25) is 10.1 Å². The first-order valence-corrected chi connectivity index (χ1v) is 7.03. The predicted molar refractivity (Wildman–Crippen MR) is 80.1 cm³/mol. The summed E-state index contributed by atoms with van der Waals surface area (Å²) in [6.45, 7) is 3.37. The molecule has 1 saturated heterocycles. The van der Waals surface area contributed by atoms with Gasteiger partial charge in [0.05, 0.1) is 4.92 Å². The molecule has 1 fully saturated rings. The summed E-state index contributed by atoms with van der Waals surface area (Å²) in [6, 6.07) is 5.79. The average Bonchev–Trinajstić information content (AvgIpc) is 2.47. The van der Waals surface area contributed by atoms with Crippen LogP contribution >= 0.6 is 0 Å². The SMILES string of the molecule is CC(N)C1CCN(C(=O)Nc2ccc([N+](=O)[O-])cc2)CC1. The van der Waals surface area contributed by atoms with Gasteiger partial charge in [-0.15, -0.1) is 0 Å². The van der Waals surface area contributed by atoms with Crippen molar-refractivity contribution in [2.24, 2.45) is 11.7 Å². The van der Waals surface area contributed by atoms with E-state index in [1.54, 1.807) is 4.90 Å². The lowest BCUT2D eigenvalue weighted by molar-refractivity contribution is -0.384. The molecule has 2 amide bonds. The molecule has 1 aromatic carbocycles. The van der Waals surface area contributed by atoms with Crippen LogP contribution in [0.2, 0.25) is 0 Å². The Balaban J connectivity index is 1.89. The Morgan fingerprint density at radius 2 is 1.95 bits per heavy atom. The number of carbonyl (C=O) groups excluding carboxylic acids is 1. The van der Waals surface area contributed by atoms with Crippen LogP contribution in [0.15, 0.2) is 24.3 Å². The highest BCUT2D eigenvalue weighted by molar-refractivity contribution is 5.89. The molecule has 0 aromatic heterocycles. The van der Waals surface area contributed by atoms with Crippen molar-refractivity contribution < 1.29 is 9.72 Å². The Morgan fingerprint density at radius 1 is 1.38 bits per heavy atom. The fraction of sp³-hybridized carbons (Fsp3) is 0.500. The lowest BCUT2D eigenvalue weighted by Crippen LogP contribution is -2.44. The first-order chi connectivity index (χ1) is 9.97. The van der Waals surface area contributed by atoms with E-state index in [2.05, 4.69) is 5.32 Å². The number of nitro benzene ring substituents is 1. The summed E-state index contributed by atoms with van der Waals surface area (Å²) in [5.74, 6) is 0.466. The number of carbonyl (C=O) groups is 1. The van der Waals surface area contributed by atoms with Crippen LogP contribution in [0.4, 0.5) is 16.2 Å². The Morgan fingerprint density at radius 3 is 2.43 bits per heavy atom. The number of nitrogens with one attached hydrogen (secondary N) is 1. The van der Waals surface area contributed by atoms with Gasteiger partial charge in [0.1, 0.15) is 0 Å². The second kappa shape index (κ2) is 6.53. The molecule has 3 N–H and O–H groups in total. The van der Waals surface area contributed by atoms with E-state index in [1.807, 2.05) is 6.92 Å². The molecule has 1 aliphatic heterocycles. The molecule has 0 aliphatic carbocycles. The zero-order chi connectivity index (χ0) is 15.4. The topological polar surface area (TPSA) is 102 Å². The fourth-order valence-electron chi connectivity index (χ4n) is 2.50. The van der Waals surface area contributed by atoms with Gasteiger partial charge in [0, 0.05) is 37.0 Å². The molecule has 1 unspecified atom stereocenters. The summed E-state index contributed by atoms with van der Waals surface area (Å²) in [4.78, 5) is 24.0. The van der Waals surface area contributed by atoms with E-state index >= 15 is 0 Å². The minimum Gasteiger partial charge on any atom is -0.328 e. The normalized spacial score (nSPS) is 17.3. The lowest BCUT2D eigenvalue weighted by atomic mass is 9.91. The van der Waals surface area contributed by atoms with Gasteiger partial charge < -0.3 is 16.0 Å². The molecule has 1 heterocycles. The van der Waals surface area contributed by atoms with Gasteiger partial charge in [0.15, 0.2) is 0 Å². The molecule has 0 saturated carbocycles. The zero-order valence-electron chi connectivity index (χ0n) is 12.0. The summed E-state index contributed by atoms with van der Waals surface area (Å²) in [5.41, 5.74) is 6.44. The number of likely N-dealkylation sites (tertiary alicyclic amines) is 1. The number of benzene rings is 1. The minimum atomic E-state index is -0.468. The number of amides is 2. The standard InChI is InChI=1S/C14H20N4O3/c1-10(15)11-6-8-17(9-7-11)14(19)16-12-2-4-13(5-3-12)18(20)21/h2-5,10-11H,6-9,15H2,1H3,(H,16,19). The quantitative estimate of drug-likeness (QED) is 0.658. The van der Waals surface area contributed by atoms with Gasteiger partial charge in [-0.05, 0) is 37.8 Å². The van der Waals surface area contributed by atoms with Gasteiger partial charge in [-0.1, -0.05) is 0 Å². The van der Waals surface area contributed by atoms with E-state index < -0.39 is 4.92 Å². The minimum absolute atomic E-state index is 0.00532. The molecular formula is C14H20N4O3. The van der Waals surface area contributed by atoms with Gasteiger partial charge in [-0.25, -0.2) is 4.79 Å². The van der Waals surface area contributed by atoms with Crippen LogP contribution in [0.1, 0.15) is 19.8 Å². The van der Waals surface area contributed by atoms with Gasteiger partial charge >= 0.3 is 6.03 Å². The zero-order valence-corrected chi connectivity index (χ0v) is 12.0. The van der Waals surface area contributed by atoms with Crippen LogP contribution < -0.4 is 11.1 Å². The molecule has 0 spiro atoms. The molecule has 1 atom stereocenters. The second-order valence-electron chi connectivity index (χ2n) is 5.42. The van der Waals surface area contributed by atoms with Crippen molar-refractivity contribution in [3.63, 3.8) is 0 Å². The number of urea groups is 1. The molecule has 7 nitrogen and oxygen atoms in total. The van der Waals surface area contributed by atoms with Crippen LogP contribution in [0.5, 0.6) is 0 Å². The van der Waals surface area contributed by atoms with Crippen molar-refractivity contribution in [2.75, 3.05) is 18.4 Å². The first kappa shape index (κ1) is 15.2. The van der Waals surface area contributed by atoms with E-state index in [-0.39, 0.29) is 17.8 Å². The predicted octanol–water partition coefficient (Wildman–Crippen LogP) is 2.19. The Bertz CT molecular complexity index is 507. The largest absolute Gasteiger partial charge is 0.328 e. The molecule has 1 aliphatic rings. The fourth-order valence-corrected chi connectivity index (χ4v) is 2.50. The molecule has 0 bridgehead atoms. The maximum Gasteiger partial charge on any atom is 0.321 e. The van der Waals surface area contributed by atoms with Gasteiger partial charge in [-0.2, -0.15) is 0 Å². The summed E-state index contributed by atoms with van der Waals surface area (Å²) in [6.07, 6.45) is 1.82. The third-order valence-electron chi connectivity index (χ3n) is 3.90. The second-order valence-corrected chi connectivity index (χ2v) is 5.42. The molecule has 21 heavy (non-hydrogen) atoms. The first-order valence-electron chi connectivity index (χ1n) is 7.03. The van der Waals surface area contributed by atoms with Crippen molar-refractivity contribution in [2.45, 2.75) is 25.8 Å². The summed E-state index contributed by atoms with van der Waals surface area (Å²) < 4.78 is 0. The number of nitro groups is 1. The number of nitrogens with zero attached hydrogens (tertiary/aromatic N) is 2. The third kappa shape index (κ3) is 3.91. The Hall–Kier alpha value is -2.15. The summed E-state index contributed by atoms with van der Waals surface area (Å²) in [7, 11) is 0. The third-order valence-corrected chi connectivity index (χ3v) is 3.90. The monoisotopic (exact) mass is 292 g/mol. The Kier molecular flexibility index (Phi) is 4.74. The number of hydrogen-bond donors (Lipinski definition) is 2. The highest BCUT2D eigenvalue weighted by Gasteiger charge is 2.24. The molecule has 2 rings (SSSR count). The number of hydrogen-bond acceptors (Lipinski definition) is 4. The summed E-state index contributed by atoms with van der Waals surface area (Å²) in [5, 5.41) is 13.3. The molecular weight excluding hydrogens is 272 g/mol. The number of piperidine rings is 1. The smallest absolute Gasteiger partial charge is 0.321 e. The van der Waals surface area contributed by atoms with E-state index in [0.717, 1.165) is 12.8 Å². The maximum atomic E-state index is 12.1. The average molecular weight is 292 g/mol. The van der Waals surface area contributed by atoms with Crippen LogP contribution in [0.25, 0.3) is 0 Å². The van der Waals surface area contributed by atoms with Gasteiger partial charge in [0.2, 0.25) is 0 Å². The molecule has 7 heteroatoms. The lowest BCUT2D eigenvalue weighted by Gasteiger charge is -2.33.